The van der Waals surface area contributed by atoms with E-state index in [1.807, 2.05) is 4.90 Å². The third-order valence-corrected chi connectivity index (χ3v) is 4.23. The Morgan fingerprint density at radius 2 is 2.14 bits per heavy atom. The fraction of sp³-hybridized carbons (Fsp3) is 0.467. The standard InChI is InChI=1S/C15H17Cl2N3O2/c16-10-7-12(17)14-18-13(9-19(14)8-10)15(22)20(11-3-4-11)5-1-2-6-21/h7-9,11,21H,1-6H2. The highest BCUT2D eigenvalue weighted by Gasteiger charge is 2.33. The van der Waals surface area contributed by atoms with Gasteiger partial charge >= 0.3 is 0 Å². The van der Waals surface area contributed by atoms with Crippen LogP contribution in [-0.2, 0) is 0 Å². The summed E-state index contributed by atoms with van der Waals surface area (Å²) < 4.78 is 1.68. The van der Waals surface area contributed by atoms with Crippen molar-refractivity contribution in [2.45, 2.75) is 31.7 Å². The Hall–Kier alpha value is -1.30. The first kappa shape index (κ1) is 15.6. The maximum absolute atomic E-state index is 12.7. The van der Waals surface area contributed by atoms with Gasteiger partial charge in [-0.3, -0.25) is 4.79 Å². The van der Waals surface area contributed by atoms with E-state index in [1.54, 1.807) is 22.9 Å². The van der Waals surface area contributed by atoms with Gasteiger partial charge in [0.2, 0.25) is 0 Å². The number of hydrogen-bond acceptors (Lipinski definition) is 3. The van der Waals surface area contributed by atoms with E-state index in [9.17, 15) is 4.79 Å². The highest BCUT2D eigenvalue weighted by Crippen LogP contribution is 2.29. The number of unbranched alkanes of at least 4 members (excludes halogenated alkanes) is 1. The van der Waals surface area contributed by atoms with Gasteiger partial charge in [0.25, 0.3) is 5.91 Å². The van der Waals surface area contributed by atoms with Crippen LogP contribution in [0.3, 0.4) is 0 Å². The molecule has 22 heavy (non-hydrogen) atoms. The number of halogens is 2. The first-order valence-corrected chi connectivity index (χ1v) is 8.11. The van der Waals surface area contributed by atoms with Crippen molar-refractivity contribution in [2.75, 3.05) is 13.2 Å². The molecule has 0 spiro atoms. The lowest BCUT2D eigenvalue weighted by atomic mass is 10.2. The second kappa shape index (κ2) is 6.44. The molecular formula is C15H17Cl2N3O2. The average molecular weight is 342 g/mol. The summed E-state index contributed by atoms with van der Waals surface area (Å²) in [6.45, 7) is 0.793. The van der Waals surface area contributed by atoms with Crippen molar-refractivity contribution in [2.24, 2.45) is 0 Å². The molecule has 0 atom stereocenters. The van der Waals surface area contributed by atoms with Gasteiger partial charge in [0, 0.05) is 31.6 Å². The van der Waals surface area contributed by atoms with Crippen LogP contribution in [0.5, 0.6) is 0 Å². The molecule has 1 aliphatic rings. The topological polar surface area (TPSA) is 57.8 Å². The first-order valence-electron chi connectivity index (χ1n) is 7.35. The van der Waals surface area contributed by atoms with Crippen molar-refractivity contribution in [1.29, 1.82) is 0 Å². The molecule has 0 aromatic carbocycles. The number of aromatic nitrogens is 2. The molecule has 5 nitrogen and oxygen atoms in total. The summed E-state index contributed by atoms with van der Waals surface area (Å²) in [6, 6.07) is 1.91. The molecule has 1 N–H and O–H groups in total. The zero-order valence-corrected chi connectivity index (χ0v) is 13.5. The maximum Gasteiger partial charge on any atom is 0.274 e. The van der Waals surface area contributed by atoms with E-state index in [2.05, 4.69) is 4.98 Å². The Labute approximate surface area is 138 Å². The molecule has 2 aromatic rings. The third-order valence-electron chi connectivity index (χ3n) is 3.75. The SMILES string of the molecule is O=C(c1cn2cc(Cl)cc(Cl)c2n1)N(CCCCO)C1CC1. The molecule has 0 aliphatic heterocycles. The summed E-state index contributed by atoms with van der Waals surface area (Å²) in [6.07, 6.45) is 6.90. The number of fused-ring (bicyclic) bond motifs is 1. The predicted molar refractivity (Wildman–Crippen MR) is 85.6 cm³/mol. The van der Waals surface area contributed by atoms with Gasteiger partial charge in [-0.2, -0.15) is 0 Å². The second-order valence-corrected chi connectivity index (χ2v) is 6.37. The van der Waals surface area contributed by atoms with Gasteiger partial charge in [-0.25, -0.2) is 4.98 Å². The normalized spacial score (nSPS) is 14.5. The lowest BCUT2D eigenvalue weighted by Gasteiger charge is -2.21. The van der Waals surface area contributed by atoms with E-state index >= 15 is 0 Å². The second-order valence-electron chi connectivity index (χ2n) is 5.52. The van der Waals surface area contributed by atoms with Crippen LogP contribution in [0.25, 0.3) is 5.65 Å². The number of carbonyl (C=O) groups excluding carboxylic acids is 1. The van der Waals surface area contributed by atoms with E-state index < -0.39 is 0 Å². The Morgan fingerprint density at radius 3 is 2.82 bits per heavy atom. The molecule has 1 saturated carbocycles. The summed E-state index contributed by atoms with van der Waals surface area (Å²) in [5, 5.41) is 9.81. The van der Waals surface area contributed by atoms with Crippen LogP contribution in [0.2, 0.25) is 10.0 Å². The van der Waals surface area contributed by atoms with Crippen molar-refractivity contribution < 1.29 is 9.90 Å². The summed E-state index contributed by atoms with van der Waals surface area (Å²) >= 11 is 12.1. The van der Waals surface area contributed by atoms with Gasteiger partial charge in [-0.15, -0.1) is 0 Å². The van der Waals surface area contributed by atoms with Gasteiger partial charge in [0.05, 0.1) is 10.0 Å². The molecule has 2 heterocycles. The van der Waals surface area contributed by atoms with Crippen LogP contribution in [0, 0.1) is 0 Å². The van der Waals surface area contributed by atoms with Crippen molar-refractivity contribution in [3.63, 3.8) is 0 Å². The summed E-state index contributed by atoms with van der Waals surface area (Å²) in [5.74, 6) is -0.0867. The minimum absolute atomic E-state index is 0.0867. The molecule has 7 heteroatoms. The van der Waals surface area contributed by atoms with Gasteiger partial charge in [0.15, 0.2) is 5.65 Å². The third kappa shape index (κ3) is 3.21. The highest BCUT2D eigenvalue weighted by atomic mass is 35.5. The van der Waals surface area contributed by atoms with Gasteiger partial charge < -0.3 is 14.4 Å². The molecular weight excluding hydrogens is 325 g/mol. The number of hydrogen-bond donors (Lipinski definition) is 1. The number of rotatable bonds is 6. The number of aliphatic hydroxyl groups is 1. The van der Waals surface area contributed by atoms with Crippen LogP contribution in [0.4, 0.5) is 0 Å². The van der Waals surface area contributed by atoms with Crippen LogP contribution in [0.1, 0.15) is 36.2 Å². The van der Waals surface area contributed by atoms with Gasteiger partial charge in [-0.1, -0.05) is 23.2 Å². The minimum atomic E-state index is -0.0867. The lowest BCUT2D eigenvalue weighted by molar-refractivity contribution is 0.0731. The van der Waals surface area contributed by atoms with E-state index in [4.69, 9.17) is 28.3 Å². The summed E-state index contributed by atoms with van der Waals surface area (Å²) in [4.78, 5) is 18.9. The fourth-order valence-electron chi connectivity index (χ4n) is 2.50. The average Bonchev–Trinajstić information content (AvgIpc) is 3.22. The Balaban J connectivity index is 1.85. The first-order chi connectivity index (χ1) is 10.6. The molecule has 1 fully saturated rings. The lowest BCUT2D eigenvalue weighted by Crippen LogP contribution is -2.34. The van der Waals surface area contributed by atoms with E-state index in [1.165, 1.54) is 0 Å². The molecule has 0 saturated heterocycles. The smallest absolute Gasteiger partial charge is 0.274 e. The molecule has 1 amide bonds. The molecule has 0 radical (unpaired) electrons. The Kier molecular flexibility index (Phi) is 4.57. The molecule has 118 valence electrons. The molecule has 1 aliphatic carbocycles. The van der Waals surface area contributed by atoms with Crippen LogP contribution in [-0.4, -0.2) is 44.5 Å². The van der Waals surface area contributed by atoms with Crippen LogP contribution in [0.15, 0.2) is 18.5 Å². The molecule has 0 bridgehead atoms. The Morgan fingerprint density at radius 1 is 1.36 bits per heavy atom. The van der Waals surface area contributed by atoms with E-state index in [0.29, 0.717) is 40.4 Å². The monoisotopic (exact) mass is 341 g/mol. The zero-order valence-electron chi connectivity index (χ0n) is 12.0. The number of carbonyl (C=O) groups is 1. The van der Waals surface area contributed by atoms with E-state index in [-0.39, 0.29) is 12.5 Å². The maximum atomic E-state index is 12.7. The molecule has 0 unspecified atom stereocenters. The predicted octanol–water partition coefficient (Wildman–Crippen LogP) is 3.02. The number of pyridine rings is 1. The van der Waals surface area contributed by atoms with Crippen LogP contribution < -0.4 is 0 Å². The number of amides is 1. The zero-order chi connectivity index (χ0) is 15.7. The highest BCUT2D eigenvalue weighted by molar-refractivity contribution is 6.36. The Bertz CT molecular complexity index is 697. The number of aliphatic hydroxyl groups excluding tert-OH is 1. The molecule has 2 aromatic heterocycles. The minimum Gasteiger partial charge on any atom is -0.396 e. The van der Waals surface area contributed by atoms with Crippen molar-refractivity contribution in [3.8, 4) is 0 Å². The molecule has 3 rings (SSSR count). The summed E-state index contributed by atoms with van der Waals surface area (Å²) in [7, 11) is 0. The van der Waals surface area contributed by atoms with E-state index in [0.717, 1.165) is 19.3 Å². The van der Waals surface area contributed by atoms with Crippen molar-refractivity contribution >= 4 is 34.8 Å². The van der Waals surface area contributed by atoms with Crippen molar-refractivity contribution in [3.05, 3.63) is 34.2 Å². The fourth-order valence-corrected chi connectivity index (χ4v) is 3.03. The van der Waals surface area contributed by atoms with Gasteiger partial charge in [-0.05, 0) is 31.7 Å². The summed E-state index contributed by atoms with van der Waals surface area (Å²) in [5.41, 5.74) is 0.903. The van der Waals surface area contributed by atoms with Crippen LogP contribution >= 0.6 is 23.2 Å². The van der Waals surface area contributed by atoms with Crippen molar-refractivity contribution in [1.82, 2.24) is 14.3 Å². The number of imidazole rings is 1. The largest absolute Gasteiger partial charge is 0.396 e. The van der Waals surface area contributed by atoms with Gasteiger partial charge in [0.1, 0.15) is 5.69 Å². The number of nitrogens with zero attached hydrogens (tertiary/aromatic N) is 3. The quantitative estimate of drug-likeness (QED) is 0.821.